The second kappa shape index (κ2) is 6.62. The molecule has 1 unspecified atom stereocenters. The van der Waals surface area contributed by atoms with Gasteiger partial charge in [-0.05, 0) is 42.7 Å². The van der Waals surface area contributed by atoms with Crippen molar-refractivity contribution in [3.63, 3.8) is 0 Å². The predicted molar refractivity (Wildman–Crippen MR) is 88.3 cm³/mol. The van der Waals surface area contributed by atoms with E-state index in [9.17, 15) is 14.4 Å². The Kier molecular flexibility index (Phi) is 4.37. The maximum absolute atomic E-state index is 12.3. The number of pyridine rings is 1. The van der Waals surface area contributed by atoms with Gasteiger partial charge in [-0.2, -0.15) is 0 Å². The second-order valence-corrected chi connectivity index (χ2v) is 5.84. The SMILES string of the molecule is Cc1cccnc1NC(=O)c1ccc(CC2CC(=O)NC2=O)cc1. The largest absolute Gasteiger partial charge is 0.306 e. The van der Waals surface area contributed by atoms with Gasteiger partial charge in [-0.25, -0.2) is 4.98 Å². The van der Waals surface area contributed by atoms with Crippen molar-refractivity contribution in [2.24, 2.45) is 5.92 Å². The van der Waals surface area contributed by atoms with Crippen molar-refractivity contribution in [2.75, 3.05) is 5.32 Å². The molecule has 2 N–H and O–H groups in total. The standard InChI is InChI=1S/C18H17N3O3/c1-11-3-2-8-19-16(11)21-17(23)13-6-4-12(5-7-13)9-14-10-15(22)20-18(14)24/h2-8,14H,9-10H2,1H3,(H,19,21,23)(H,20,22,24). The van der Waals surface area contributed by atoms with Crippen molar-refractivity contribution in [1.82, 2.24) is 10.3 Å². The summed E-state index contributed by atoms with van der Waals surface area (Å²) in [5, 5.41) is 5.07. The monoisotopic (exact) mass is 323 g/mol. The quantitative estimate of drug-likeness (QED) is 0.841. The second-order valence-electron chi connectivity index (χ2n) is 5.84. The topological polar surface area (TPSA) is 88.2 Å². The summed E-state index contributed by atoms with van der Waals surface area (Å²) in [5.74, 6) is -0.489. The van der Waals surface area contributed by atoms with Crippen LogP contribution in [0.1, 0.15) is 27.9 Å². The van der Waals surface area contributed by atoms with E-state index < -0.39 is 0 Å². The predicted octanol–water partition coefficient (Wildman–Crippen LogP) is 1.85. The van der Waals surface area contributed by atoms with Gasteiger partial charge in [0.2, 0.25) is 11.8 Å². The van der Waals surface area contributed by atoms with Gasteiger partial charge in [-0.1, -0.05) is 18.2 Å². The smallest absolute Gasteiger partial charge is 0.256 e. The summed E-state index contributed by atoms with van der Waals surface area (Å²) >= 11 is 0. The van der Waals surface area contributed by atoms with E-state index in [0.717, 1.165) is 11.1 Å². The van der Waals surface area contributed by atoms with Crippen LogP contribution in [-0.2, 0) is 16.0 Å². The number of benzene rings is 1. The van der Waals surface area contributed by atoms with E-state index in [0.29, 0.717) is 17.8 Å². The maximum Gasteiger partial charge on any atom is 0.256 e. The summed E-state index contributed by atoms with van der Waals surface area (Å²) in [6.45, 7) is 1.87. The number of nitrogens with zero attached hydrogens (tertiary/aromatic N) is 1. The Labute approximate surface area is 139 Å². The lowest BCUT2D eigenvalue weighted by Crippen LogP contribution is -2.22. The van der Waals surface area contributed by atoms with Crippen molar-refractivity contribution in [3.8, 4) is 0 Å². The molecular formula is C18H17N3O3. The fourth-order valence-electron chi connectivity index (χ4n) is 2.64. The van der Waals surface area contributed by atoms with E-state index in [1.807, 2.05) is 19.1 Å². The molecule has 2 heterocycles. The van der Waals surface area contributed by atoms with E-state index >= 15 is 0 Å². The third-order valence-electron chi connectivity index (χ3n) is 4.00. The first kappa shape index (κ1) is 15.9. The van der Waals surface area contributed by atoms with Gasteiger partial charge in [0.25, 0.3) is 5.91 Å². The van der Waals surface area contributed by atoms with Gasteiger partial charge in [0, 0.05) is 18.2 Å². The van der Waals surface area contributed by atoms with Crippen LogP contribution >= 0.6 is 0 Å². The molecule has 6 nitrogen and oxygen atoms in total. The van der Waals surface area contributed by atoms with E-state index in [1.54, 1.807) is 30.5 Å². The highest BCUT2D eigenvalue weighted by Crippen LogP contribution is 2.18. The Bertz CT molecular complexity index is 799. The molecule has 0 bridgehead atoms. The Morgan fingerprint density at radius 3 is 2.62 bits per heavy atom. The van der Waals surface area contributed by atoms with Crippen LogP contribution in [0.15, 0.2) is 42.6 Å². The van der Waals surface area contributed by atoms with Gasteiger partial charge >= 0.3 is 0 Å². The molecule has 1 aromatic carbocycles. The number of anilines is 1. The molecule has 0 aliphatic carbocycles. The zero-order valence-corrected chi connectivity index (χ0v) is 13.2. The minimum Gasteiger partial charge on any atom is -0.306 e. The third kappa shape index (κ3) is 3.48. The zero-order chi connectivity index (χ0) is 17.1. The molecule has 1 aromatic heterocycles. The summed E-state index contributed by atoms with van der Waals surface area (Å²) in [5.41, 5.74) is 2.31. The summed E-state index contributed by atoms with van der Waals surface area (Å²) < 4.78 is 0. The molecule has 1 aliphatic rings. The van der Waals surface area contributed by atoms with Gasteiger partial charge in [0.1, 0.15) is 5.82 Å². The van der Waals surface area contributed by atoms with Crippen LogP contribution in [0.3, 0.4) is 0 Å². The Hall–Kier alpha value is -3.02. The number of aryl methyl sites for hydroxylation is 1. The minimum atomic E-state index is -0.326. The molecule has 0 saturated carbocycles. The van der Waals surface area contributed by atoms with Crippen LogP contribution in [0, 0.1) is 12.8 Å². The van der Waals surface area contributed by atoms with Gasteiger partial charge in [-0.3, -0.25) is 19.7 Å². The van der Waals surface area contributed by atoms with Crippen molar-refractivity contribution in [3.05, 3.63) is 59.3 Å². The molecule has 0 spiro atoms. The average molecular weight is 323 g/mol. The minimum absolute atomic E-state index is 0.222. The molecule has 1 atom stereocenters. The number of amides is 3. The summed E-state index contributed by atoms with van der Waals surface area (Å²) in [4.78, 5) is 39.2. The average Bonchev–Trinajstić information content (AvgIpc) is 2.88. The molecule has 3 amide bonds. The van der Waals surface area contributed by atoms with Crippen LogP contribution in [0.25, 0.3) is 0 Å². The van der Waals surface area contributed by atoms with Crippen molar-refractivity contribution in [2.45, 2.75) is 19.8 Å². The highest BCUT2D eigenvalue weighted by molar-refractivity contribution is 6.04. The van der Waals surface area contributed by atoms with Crippen LogP contribution < -0.4 is 10.6 Å². The van der Waals surface area contributed by atoms with Gasteiger partial charge in [0.05, 0.1) is 5.92 Å². The van der Waals surface area contributed by atoms with Crippen molar-refractivity contribution < 1.29 is 14.4 Å². The summed E-state index contributed by atoms with van der Waals surface area (Å²) in [6, 6.07) is 10.7. The summed E-state index contributed by atoms with van der Waals surface area (Å²) in [6.07, 6.45) is 2.33. The molecule has 0 radical (unpaired) electrons. The van der Waals surface area contributed by atoms with Gasteiger partial charge in [0.15, 0.2) is 0 Å². The highest BCUT2D eigenvalue weighted by Gasteiger charge is 2.30. The number of imide groups is 1. The number of hydrogen-bond acceptors (Lipinski definition) is 4. The lowest BCUT2D eigenvalue weighted by atomic mass is 9.97. The van der Waals surface area contributed by atoms with E-state index in [4.69, 9.17) is 0 Å². The van der Waals surface area contributed by atoms with Crippen LogP contribution in [0.5, 0.6) is 0 Å². The number of carbonyl (C=O) groups is 3. The number of carbonyl (C=O) groups excluding carboxylic acids is 3. The molecular weight excluding hydrogens is 306 g/mol. The molecule has 1 aliphatic heterocycles. The number of rotatable bonds is 4. The lowest BCUT2D eigenvalue weighted by molar-refractivity contribution is -0.125. The van der Waals surface area contributed by atoms with Gasteiger partial charge in [-0.15, -0.1) is 0 Å². The van der Waals surface area contributed by atoms with Crippen LogP contribution in [-0.4, -0.2) is 22.7 Å². The molecule has 1 fully saturated rings. The first-order chi connectivity index (χ1) is 11.5. The number of aromatic nitrogens is 1. The third-order valence-corrected chi connectivity index (χ3v) is 4.00. The lowest BCUT2D eigenvalue weighted by Gasteiger charge is -2.09. The first-order valence-electron chi connectivity index (χ1n) is 7.68. The van der Waals surface area contributed by atoms with Crippen LogP contribution in [0.2, 0.25) is 0 Å². The maximum atomic E-state index is 12.3. The molecule has 24 heavy (non-hydrogen) atoms. The number of nitrogens with one attached hydrogen (secondary N) is 2. The molecule has 2 aromatic rings. The molecule has 3 rings (SSSR count). The molecule has 122 valence electrons. The van der Waals surface area contributed by atoms with Crippen molar-refractivity contribution >= 4 is 23.5 Å². The molecule has 1 saturated heterocycles. The van der Waals surface area contributed by atoms with E-state index in [2.05, 4.69) is 15.6 Å². The van der Waals surface area contributed by atoms with Crippen molar-refractivity contribution in [1.29, 1.82) is 0 Å². The Balaban J connectivity index is 1.66. The van der Waals surface area contributed by atoms with E-state index in [-0.39, 0.29) is 30.1 Å². The first-order valence-corrected chi connectivity index (χ1v) is 7.68. The zero-order valence-electron chi connectivity index (χ0n) is 13.2. The van der Waals surface area contributed by atoms with Crippen LogP contribution in [0.4, 0.5) is 5.82 Å². The summed E-state index contributed by atoms with van der Waals surface area (Å²) in [7, 11) is 0. The fourth-order valence-corrected chi connectivity index (χ4v) is 2.64. The van der Waals surface area contributed by atoms with Gasteiger partial charge < -0.3 is 5.32 Å². The highest BCUT2D eigenvalue weighted by atomic mass is 16.2. The Morgan fingerprint density at radius 1 is 1.25 bits per heavy atom. The van der Waals surface area contributed by atoms with E-state index in [1.165, 1.54) is 0 Å². The normalized spacial score (nSPS) is 16.8. The fraction of sp³-hybridized carbons (Fsp3) is 0.222. The number of hydrogen-bond donors (Lipinski definition) is 2. The molecule has 6 heteroatoms. The Morgan fingerprint density at radius 2 is 2.00 bits per heavy atom.